The average Bonchev–Trinajstić information content (AvgIpc) is 4.13. The second-order valence-electron chi connectivity index (χ2n) is 15.4. The molecule has 0 radical (unpaired) electrons. The number of fused-ring (bicyclic) bond motifs is 1. The van der Waals surface area contributed by atoms with E-state index in [0.29, 0.717) is 35.6 Å². The van der Waals surface area contributed by atoms with Crippen LogP contribution in [0, 0.1) is 0 Å². The lowest BCUT2D eigenvalue weighted by Gasteiger charge is -2.20. The van der Waals surface area contributed by atoms with Gasteiger partial charge in [-0.15, -0.1) is 0 Å². The minimum absolute atomic E-state index is 0.0387. The monoisotopic (exact) mass is 900 g/mol. The summed E-state index contributed by atoms with van der Waals surface area (Å²) in [4.78, 5) is 55.8. The molecule has 4 aromatic heterocycles. The van der Waals surface area contributed by atoms with Crippen LogP contribution in [-0.4, -0.2) is 130 Å². The summed E-state index contributed by atoms with van der Waals surface area (Å²) in [6.45, 7) is 1.91. The molecule has 1 aliphatic heterocycles. The van der Waals surface area contributed by atoms with Crippen molar-refractivity contribution in [3.05, 3.63) is 126 Å². The van der Waals surface area contributed by atoms with Crippen molar-refractivity contribution in [2.75, 3.05) is 42.9 Å². The van der Waals surface area contributed by atoms with Crippen LogP contribution < -0.4 is 26.2 Å². The molecule has 0 bridgehead atoms. The van der Waals surface area contributed by atoms with Crippen molar-refractivity contribution in [3.8, 4) is 0 Å². The molecule has 2 aliphatic rings. The van der Waals surface area contributed by atoms with Crippen molar-refractivity contribution in [2.24, 2.45) is 0 Å². The molecule has 5 heterocycles. The number of nitrogens with zero attached hydrogens (tertiary/aromatic N) is 8. The number of hydrogen-bond donors (Lipinski definition) is 8. The quantitative estimate of drug-likeness (QED) is 0.0732. The normalized spacial score (nSPS) is 19.4. The van der Waals surface area contributed by atoms with Gasteiger partial charge in [-0.1, -0.05) is 66.7 Å². The van der Waals surface area contributed by atoms with E-state index in [4.69, 9.17) is 9.90 Å². The van der Waals surface area contributed by atoms with Gasteiger partial charge in [0.2, 0.25) is 5.82 Å². The van der Waals surface area contributed by atoms with E-state index in [2.05, 4.69) is 75.5 Å². The van der Waals surface area contributed by atoms with Crippen LogP contribution in [0.5, 0.6) is 0 Å². The Kier molecular flexibility index (Phi) is 14.5. The van der Waals surface area contributed by atoms with Crippen molar-refractivity contribution >= 4 is 40.7 Å². The van der Waals surface area contributed by atoms with Crippen LogP contribution in [-0.2, 0) is 11.4 Å². The third-order valence-corrected chi connectivity index (χ3v) is 11.1. The number of pyridine rings is 1. The summed E-state index contributed by atoms with van der Waals surface area (Å²) in [5, 5.41) is 55.5. The van der Waals surface area contributed by atoms with Crippen LogP contribution in [0.4, 0.5) is 29.6 Å². The third-order valence-electron chi connectivity index (χ3n) is 11.1. The van der Waals surface area contributed by atoms with E-state index in [0.717, 1.165) is 29.9 Å². The lowest BCUT2D eigenvalue weighted by atomic mass is 9.91. The molecule has 0 spiro atoms. The molecule has 1 saturated heterocycles. The van der Waals surface area contributed by atoms with Crippen molar-refractivity contribution in [2.45, 2.75) is 61.9 Å². The van der Waals surface area contributed by atoms with E-state index in [1.165, 1.54) is 12.5 Å². The lowest BCUT2D eigenvalue weighted by Crippen LogP contribution is -2.45. The van der Waals surface area contributed by atoms with Gasteiger partial charge in [0.1, 0.15) is 23.5 Å². The van der Waals surface area contributed by atoms with Gasteiger partial charge >= 0.3 is 18.2 Å². The molecule has 1 aliphatic carbocycles. The number of nitrogens with one attached hydrogen (secondary N) is 4. The molecule has 0 unspecified atom stereocenters. The molecule has 2 aromatic carbocycles. The lowest BCUT2D eigenvalue weighted by molar-refractivity contribution is -0.192. The Balaban J connectivity index is 0.000000833. The Hall–Kier alpha value is -7.17. The number of aliphatic hydroxyl groups is 3. The number of halogens is 3. The number of carbonyl (C=O) groups excluding carboxylic acids is 2. The summed E-state index contributed by atoms with van der Waals surface area (Å²) in [6, 6.07) is 24.3. The van der Waals surface area contributed by atoms with Crippen LogP contribution in [0.25, 0.3) is 11.2 Å². The molecule has 5 atom stereocenters. The first-order valence-electron chi connectivity index (χ1n) is 20.7. The Labute approximate surface area is 369 Å². The zero-order valence-electron chi connectivity index (χ0n) is 34.7. The number of anilines is 2. The van der Waals surface area contributed by atoms with Crippen molar-refractivity contribution in [1.82, 2.24) is 50.2 Å². The first kappa shape index (κ1) is 45.8. The Bertz CT molecular complexity index is 2490. The predicted octanol–water partition coefficient (Wildman–Crippen LogP) is 3.00. The van der Waals surface area contributed by atoms with Gasteiger partial charge in [-0.05, 0) is 36.1 Å². The van der Waals surface area contributed by atoms with Gasteiger partial charge in [-0.3, -0.25) is 9.48 Å². The van der Waals surface area contributed by atoms with E-state index >= 15 is 0 Å². The smallest absolute Gasteiger partial charge is 0.475 e. The molecule has 2 fully saturated rings. The van der Waals surface area contributed by atoms with E-state index in [9.17, 15) is 38.1 Å². The van der Waals surface area contributed by atoms with Crippen LogP contribution in [0.1, 0.15) is 58.2 Å². The highest BCUT2D eigenvalue weighted by atomic mass is 19.4. The third kappa shape index (κ3) is 11.1. The van der Waals surface area contributed by atoms with E-state index < -0.39 is 42.3 Å². The number of carbonyl (C=O) groups is 3. The van der Waals surface area contributed by atoms with Gasteiger partial charge in [0.05, 0.1) is 31.2 Å². The summed E-state index contributed by atoms with van der Waals surface area (Å²) in [5.41, 5.74) is 3.43. The van der Waals surface area contributed by atoms with Crippen molar-refractivity contribution < 1.29 is 48.0 Å². The highest BCUT2D eigenvalue weighted by molar-refractivity contribution is 5.94. The highest BCUT2D eigenvalue weighted by Crippen LogP contribution is 2.40. The summed E-state index contributed by atoms with van der Waals surface area (Å²) >= 11 is 0. The fourth-order valence-electron chi connectivity index (χ4n) is 7.84. The summed E-state index contributed by atoms with van der Waals surface area (Å²) in [7, 11) is 0. The maximum Gasteiger partial charge on any atom is 0.490 e. The molecule has 8 rings (SSSR count). The molecule has 3 amide bonds. The molecule has 65 heavy (non-hydrogen) atoms. The molecule has 8 N–H and O–H groups in total. The Morgan fingerprint density at radius 3 is 2.15 bits per heavy atom. The number of hydrogen-bond acceptors (Lipinski definition) is 13. The Morgan fingerprint density at radius 1 is 0.862 bits per heavy atom. The second-order valence-corrected chi connectivity index (χ2v) is 15.4. The minimum Gasteiger partial charge on any atom is -0.475 e. The first-order chi connectivity index (χ1) is 31.3. The standard InChI is InChI=1S/C41H46N12O5.C2HF3O2/c54-24-26-20-47-53(22-26)32-19-31(35(55)36(32)56)52-25-46-34-37(45-21-30(27-9-3-1-4-10-27)28-11-5-2-6-12-28)49-38(50-39(34)52)40(57)43-16-17-44-41(58)48-29-14-18-51(23-29)33-13-7-8-15-42-33;3-2(4,5)1(6)7/h1-13,15,20,22,25,29-32,35-36,54-56H,14,16-19,21,23-24H2,(H,43,57)(H2,44,48,58)(H,45,49,50);(H,6,7)/t29-,31-,32+,35+,36-;/m1./s1. The van der Waals surface area contributed by atoms with Gasteiger partial charge in [0.15, 0.2) is 11.5 Å². The zero-order chi connectivity index (χ0) is 46.1. The van der Waals surface area contributed by atoms with E-state index in [1.807, 2.05) is 54.6 Å². The van der Waals surface area contributed by atoms with Crippen LogP contribution in [0.3, 0.4) is 0 Å². The van der Waals surface area contributed by atoms with Gasteiger partial charge < -0.3 is 51.2 Å². The number of benzene rings is 2. The van der Waals surface area contributed by atoms with Crippen LogP contribution in [0.15, 0.2) is 104 Å². The van der Waals surface area contributed by atoms with Crippen LogP contribution >= 0.6 is 0 Å². The average molecular weight is 901 g/mol. The van der Waals surface area contributed by atoms with Crippen molar-refractivity contribution in [3.63, 3.8) is 0 Å². The molecular weight excluding hydrogens is 854 g/mol. The van der Waals surface area contributed by atoms with Crippen molar-refractivity contribution in [1.29, 1.82) is 0 Å². The number of amides is 3. The zero-order valence-corrected chi connectivity index (χ0v) is 34.7. The molecular formula is C43H47F3N12O7. The summed E-state index contributed by atoms with van der Waals surface area (Å²) < 4.78 is 34.9. The topological polar surface area (TPSA) is 258 Å². The number of carboxylic acids is 1. The number of rotatable bonds is 14. The number of aliphatic hydroxyl groups excluding tert-OH is 3. The van der Waals surface area contributed by atoms with Gasteiger partial charge in [0.25, 0.3) is 5.91 Å². The van der Waals surface area contributed by atoms with Gasteiger partial charge in [0, 0.05) is 62.6 Å². The number of alkyl halides is 3. The van der Waals surface area contributed by atoms with Gasteiger partial charge in [-0.2, -0.15) is 18.3 Å². The maximum absolute atomic E-state index is 13.7. The minimum atomic E-state index is -5.08. The van der Waals surface area contributed by atoms with E-state index in [1.54, 1.807) is 21.6 Å². The molecule has 342 valence electrons. The summed E-state index contributed by atoms with van der Waals surface area (Å²) in [5.74, 6) is -2.34. The van der Waals surface area contributed by atoms with Crippen LogP contribution in [0.2, 0.25) is 0 Å². The highest BCUT2D eigenvalue weighted by Gasteiger charge is 2.45. The SMILES string of the molecule is O=C(NCCNC(=O)c1nc(NCC(c2ccccc2)c2ccccc2)c2ncn([C@@H]3C[C@H](n4cc(CO)cn4)[C@@H](O)[C@H]3O)c2n1)N[C@@H]1CCN(c2ccccn2)C1.O=C(O)C(F)(F)F. The predicted molar refractivity (Wildman–Crippen MR) is 229 cm³/mol. The fraction of sp³-hybridized carbons (Fsp3) is 0.349. The molecule has 1 saturated carbocycles. The van der Waals surface area contributed by atoms with Gasteiger partial charge in [-0.25, -0.2) is 29.5 Å². The molecule has 6 aromatic rings. The fourth-order valence-corrected chi connectivity index (χ4v) is 7.84. The number of aliphatic carboxylic acids is 1. The number of aromatic nitrogens is 7. The number of carboxylic acid groups (broad SMARTS) is 1. The second kappa shape index (κ2) is 20.6. The largest absolute Gasteiger partial charge is 0.490 e. The summed E-state index contributed by atoms with van der Waals surface area (Å²) in [6.07, 6.45) is 0.0263. The number of urea groups is 1. The Morgan fingerprint density at radius 2 is 1.52 bits per heavy atom. The van der Waals surface area contributed by atoms with E-state index in [-0.39, 0.29) is 49.9 Å². The molecule has 19 nitrogen and oxygen atoms in total. The first-order valence-corrected chi connectivity index (χ1v) is 20.7. The molecule has 22 heteroatoms. The number of imidazole rings is 1. The maximum atomic E-state index is 13.7.